The fraction of sp³-hybridized carbons (Fsp3) is 0. The molecule has 0 aromatic heterocycles. The quantitative estimate of drug-likeness (QED) is 0.327. The largest absolute Gasteiger partial charge is 0.668 e. The third-order valence-electron chi connectivity index (χ3n) is 0. The molecule has 3 radical (unpaired) electrons. The van der Waals surface area contributed by atoms with E-state index in [0.717, 1.165) is 0 Å². The van der Waals surface area contributed by atoms with Gasteiger partial charge in [0.1, 0.15) is 0 Å². The summed E-state index contributed by atoms with van der Waals surface area (Å²) in [4.78, 5) is 29.3. The topological polar surface area (TPSA) is 80.9 Å². The maximum Gasteiger partial charge on any atom is 0.668 e. The molecular formula is H4O4SbSi. The number of hydrogen-bond donors (Lipinski definition) is 4. The van der Waals surface area contributed by atoms with E-state index in [1.54, 1.807) is 0 Å². The zero-order valence-corrected chi connectivity index (χ0v) is 6.29. The summed E-state index contributed by atoms with van der Waals surface area (Å²) in [7, 11) is -4.61. The van der Waals surface area contributed by atoms with Crippen molar-refractivity contribution in [3.8, 4) is 0 Å². The normalized spacial score (nSPS) is 10.0. The molecule has 6 heteroatoms. The van der Waals surface area contributed by atoms with Gasteiger partial charge >= 0.3 is 9.05 Å². The second-order valence-corrected chi connectivity index (χ2v) is 1.80. The van der Waals surface area contributed by atoms with E-state index in [0.29, 0.717) is 0 Å². The minimum Gasteiger partial charge on any atom is -0.368 e. The van der Waals surface area contributed by atoms with E-state index in [4.69, 9.17) is 19.2 Å². The van der Waals surface area contributed by atoms with Crippen molar-refractivity contribution in [2.75, 3.05) is 0 Å². The smallest absolute Gasteiger partial charge is 0.368 e. The SMILES string of the molecule is O[Si](O)(O)O.[Sb]. The molecule has 0 aliphatic rings. The Labute approximate surface area is 53.0 Å². The van der Waals surface area contributed by atoms with E-state index in [1.807, 2.05) is 0 Å². The van der Waals surface area contributed by atoms with Gasteiger partial charge in [0.05, 0.1) is 0 Å². The van der Waals surface area contributed by atoms with Crippen molar-refractivity contribution in [1.29, 1.82) is 0 Å². The van der Waals surface area contributed by atoms with Crippen molar-refractivity contribution in [2.24, 2.45) is 0 Å². The summed E-state index contributed by atoms with van der Waals surface area (Å²) in [6.45, 7) is 0. The van der Waals surface area contributed by atoms with Gasteiger partial charge < -0.3 is 19.2 Å². The maximum atomic E-state index is 7.33. The van der Waals surface area contributed by atoms with E-state index in [9.17, 15) is 0 Å². The predicted molar refractivity (Wildman–Crippen MR) is 20.4 cm³/mol. The molecule has 0 saturated heterocycles. The molecule has 6 heavy (non-hydrogen) atoms. The minimum absolute atomic E-state index is 0. The van der Waals surface area contributed by atoms with Gasteiger partial charge in [0.25, 0.3) is 0 Å². The molecular weight excluding hydrogens is 214 g/mol. The van der Waals surface area contributed by atoms with E-state index in [1.165, 1.54) is 0 Å². The maximum absolute atomic E-state index is 7.33. The van der Waals surface area contributed by atoms with Crippen LogP contribution in [0.5, 0.6) is 0 Å². The molecule has 0 saturated carbocycles. The van der Waals surface area contributed by atoms with Crippen molar-refractivity contribution < 1.29 is 19.2 Å². The molecule has 0 atom stereocenters. The molecule has 0 aromatic rings. The number of hydrogen-bond acceptors (Lipinski definition) is 4. The molecule has 4 nitrogen and oxygen atoms in total. The Bertz CT molecular complexity index is 23.0. The van der Waals surface area contributed by atoms with Crippen LogP contribution in [-0.2, 0) is 0 Å². The minimum atomic E-state index is -4.61. The number of rotatable bonds is 0. The summed E-state index contributed by atoms with van der Waals surface area (Å²) in [5, 5.41) is 0. The van der Waals surface area contributed by atoms with Gasteiger partial charge in [0, 0.05) is 24.4 Å². The molecule has 0 bridgehead atoms. The summed E-state index contributed by atoms with van der Waals surface area (Å²) in [5.41, 5.74) is 0. The predicted octanol–water partition coefficient (Wildman–Crippen LogP) is -2.99. The van der Waals surface area contributed by atoms with E-state index in [2.05, 4.69) is 0 Å². The third-order valence-corrected chi connectivity index (χ3v) is 0. The summed E-state index contributed by atoms with van der Waals surface area (Å²) < 4.78 is 0. The van der Waals surface area contributed by atoms with Gasteiger partial charge in [-0.3, -0.25) is 0 Å². The summed E-state index contributed by atoms with van der Waals surface area (Å²) in [6, 6.07) is 0. The zero-order valence-electron chi connectivity index (χ0n) is 2.74. The van der Waals surface area contributed by atoms with Crippen molar-refractivity contribution in [2.45, 2.75) is 0 Å². The monoisotopic (exact) mass is 217 g/mol. The average Bonchev–Trinajstić information content (AvgIpc) is 0.722. The van der Waals surface area contributed by atoms with Crippen LogP contribution in [0.2, 0.25) is 0 Å². The van der Waals surface area contributed by atoms with Crippen LogP contribution in [0.25, 0.3) is 0 Å². The molecule has 37 valence electrons. The first kappa shape index (κ1) is 9.98. The van der Waals surface area contributed by atoms with E-state index in [-0.39, 0.29) is 24.4 Å². The van der Waals surface area contributed by atoms with Crippen LogP contribution in [-0.4, -0.2) is 52.7 Å². The van der Waals surface area contributed by atoms with Crippen LogP contribution in [0.4, 0.5) is 0 Å². The summed E-state index contributed by atoms with van der Waals surface area (Å²) in [6.07, 6.45) is 0. The van der Waals surface area contributed by atoms with Crippen molar-refractivity contribution in [3.05, 3.63) is 0 Å². The van der Waals surface area contributed by atoms with Gasteiger partial charge in [-0.1, -0.05) is 0 Å². The van der Waals surface area contributed by atoms with Gasteiger partial charge in [-0.15, -0.1) is 0 Å². The first-order valence-corrected chi connectivity index (χ1v) is 2.68. The van der Waals surface area contributed by atoms with Crippen LogP contribution in [0.1, 0.15) is 0 Å². The molecule has 0 rings (SSSR count). The average molecular weight is 218 g/mol. The Balaban J connectivity index is 0. The third kappa shape index (κ3) is 95.6. The molecule has 0 aromatic carbocycles. The van der Waals surface area contributed by atoms with E-state index >= 15 is 0 Å². The van der Waals surface area contributed by atoms with Crippen molar-refractivity contribution in [1.82, 2.24) is 0 Å². The van der Waals surface area contributed by atoms with Gasteiger partial charge in [0.15, 0.2) is 0 Å². The molecule has 0 unspecified atom stereocenters. The molecule has 0 heterocycles. The molecule has 0 aliphatic heterocycles. The molecule has 0 aliphatic carbocycles. The van der Waals surface area contributed by atoms with Crippen LogP contribution >= 0.6 is 0 Å². The van der Waals surface area contributed by atoms with Crippen LogP contribution in [0, 0.1) is 0 Å². The Morgan fingerprint density at radius 2 is 0.833 bits per heavy atom. The second kappa shape index (κ2) is 2.95. The molecule has 0 fully saturated rings. The van der Waals surface area contributed by atoms with E-state index < -0.39 is 9.05 Å². The summed E-state index contributed by atoms with van der Waals surface area (Å²) >= 11 is 0. The fourth-order valence-corrected chi connectivity index (χ4v) is 0. The molecule has 0 amide bonds. The Morgan fingerprint density at radius 3 is 0.833 bits per heavy atom. The standard InChI is InChI=1S/H4O4Si.Sb/c1-5(2,3)4;/h1-4H;. The van der Waals surface area contributed by atoms with Crippen LogP contribution in [0.15, 0.2) is 0 Å². The van der Waals surface area contributed by atoms with Gasteiger partial charge in [-0.05, 0) is 0 Å². The first-order valence-electron chi connectivity index (χ1n) is 0.894. The Kier molecular flexibility index (Phi) is 4.92. The van der Waals surface area contributed by atoms with Crippen molar-refractivity contribution in [3.63, 3.8) is 0 Å². The van der Waals surface area contributed by atoms with Crippen LogP contribution < -0.4 is 0 Å². The van der Waals surface area contributed by atoms with Gasteiger partial charge in [-0.2, -0.15) is 0 Å². The summed E-state index contributed by atoms with van der Waals surface area (Å²) in [5.74, 6) is 0. The Morgan fingerprint density at radius 1 is 0.833 bits per heavy atom. The second-order valence-electron chi connectivity index (χ2n) is 0.600. The molecule has 0 spiro atoms. The van der Waals surface area contributed by atoms with Gasteiger partial charge in [-0.25, -0.2) is 0 Å². The van der Waals surface area contributed by atoms with Gasteiger partial charge in [0.2, 0.25) is 0 Å². The van der Waals surface area contributed by atoms with Crippen LogP contribution in [0.3, 0.4) is 0 Å². The molecule has 4 N–H and O–H groups in total. The van der Waals surface area contributed by atoms with Crippen molar-refractivity contribution >= 4 is 33.5 Å². The fourth-order valence-electron chi connectivity index (χ4n) is 0. The Hall–Kier alpha value is 0.875. The zero-order chi connectivity index (χ0) is 4.50. The first-order chi connectivity index (χ1) is 2.00.